The Morgan fingerprint density at radius 1 is 1.33 bits per heavy atom. The van der Waals surface area contributed by atoms with Crippen LogP contribution < -0.4 is 0 Å². The lowest BCUT2D eigenvalue weighted by molar-refractivity contribution is 0.214. The first-order valence-electron chi connectivity index (χ1n) is 6.01. The van der Waals surface area contributed by atoms with Crippen molar-refractivity contribution in [1.82, 2.24) is 4.98 Å². The number of nitrogens with zero attached hydrogens (tertiary/aromatic N) is 1. The first-order chi connectivity index (χ1) is 8.63. The van der Waals surface area contributed by atoms with E-state index in [1.165, 1.54) is 6.07 Å². The van der Waals surface area contributed by atoms with Crippen molar-refractivity contribution in [2.75, 3.05) is 0 Å². The highest BCUT2D eigenvalue weighted by Gasteiger charge is 2.15. The van der Waals surface area contributed by atoms with Gasteiger partial charge in [0.05, 0.1) is 5.69 Å². The van der Waals surface area contributed by atoms with Crippen molar-refractivity contribution in [3.8, 4) is 0 Å². The molecule has 0 fully saturated rings. The Morgan fingerprint density at radius 3 is 2.78 bits per heavy atom. The third kappa shape index (κ3) is 2.41. The van der Waals surface area contributed by atoms with E-state index in [2.05, 4.69) is 4.98 Å². The number of aliphatic hydroxyl groups excluding tert-OH is 1. The van der Waals surface area contributed by atoms with Gasteiger partial charge in [0.25, 0.3) is 0 Å². The second-order valence-corrected chi connectivity index (χ2v) is 4.31. The van der Waals surface area contributed by atoms with Gasteiger partial charge in [-0.05, 0) is 42.2 Å². The second kappa shape index (κ2) is 5.27. The summed E-state index contributed by atoms with van der Waals surface area (Å²) in [5.74, 6) is -0.261. The summed E-state index contributed by atoms with van der Waals surface area (Å²) in [6, 6.07) is 8.44. The van der Waals surface area contributed by atoms with Gasteiger partial charge in [-0.3, -0.25) is 4.98 Å². The molecule has 0 aliphatic carbocycles. The zero-order valence-electron chi connectivity index (χ0n) is 10.5. The number of benzene rings is 1. The van der Waals surface area contributed by atoms with Gasteiger partial charge in [-0.2, -0.15) is 0 Å². The first kappa shape index (κ1) is 12.7. The molecular weight excluding hydrogens is 229 g/mol. The van der Waals surface area contributed by atoms with Crippen LogP contribution in [0.15, 0.2) is 36.5 Å². The molecule has 1 aromatic carbocycles. The molecule has 1 unspecified atom stereocenters. The first-order valence-corrected chi connectivity index (χ1v) is 6.01. The van der Waals surface area contributed by atoms with E-state index in [0.717, 1.165) is 12.0 Å². The van der Waals surface area contributed by atoms with Crippen molar-refractivity contribution < 1.29 is 9.50 Å². The fourth-order valence-electron chi connectivity index (χ4n) is 1.99. The largest absolute Gasteiger partial charge is 0.382 e. The fraction of sp³-hybridized carbons (Fsp3) is 0.267. The second-order valence-electron chi connectivity index (χ2n) is 4.31. The Kier molecular flexibility index (Phi) is 3.72. The molecule has 94 valence electrons. The Labute approximate surface area is 106 Å². The van der Waals surface area contributed by atoms with Crippen LogP contribution >= 0.6 is 0 Å². The minimum atomic E-state index is -0.805. The average molecular weight is 245 g/mol. The summed E-state index contributed by atoms with van der Waals surface area (Å²) in [4.78, 5) is 4.23. The molecule has 1 heterocycles. The number of hydrogen-bond acceptors (Lipinski definition) is 2. The van der Waals surface area contributed by atoms with Gasteiger partial charge < -0.3 is 5.11 Å². The van der Waals surface area contributed by atoms with Crippen molar-refractivity contribution >= 4 is 0 Å². The molecule has 2 rings (SSSR count). The predicted molar refractivity (Wildman–Crippen MR) is 68.8 cm³/mol. The molecule has 3 heteroatoms. The normalized spacial score (nSPS) is 12.4. The molecule has 0 saturated heterocycles. The molecule has 0 amide bonds. The van der Waals surface area contributed by atoms with Gasteiger partial charge in [0.15, 0.2) is 0 Å². The van der Waals surface area contributed by atoms with Crippen LogP contribution in [0, 0.1) is 12.7 Å². The highest BCUT2D eigenvalue weighted by molar-refractivity contribution is 5.33. The Morgan fingerprint density at radius 2 is 2.11 bits per heavy atom. The van der Waals surface area contributed by atoms with Crippen LogP contribution in [0.4, 0.5) is 4.39 Å². The lowest BCUT2D eigenvalue weighted by Gasteiger charge is -2.14. The van der Waals surface area contributed by atoms with Crippen LogP contribution in [0.3, 0.4) is 0 Å². The minimum Gasteiger partial charge on any atom is -0.382 e. The zero-order chi connectivity index (χ0) is 13.1. The SMILES string of the molecule is CCc1cccnc1C(O)c1ccc(F)c(C)c1. The molecule has 0 aliphatic heterocycles. The fourth-order valence-corrected chi connectivity index (χ4v) is 1.99. The topological polar surface area (TPSA) is 33.1 Å². The van der Waals surface area contributed by atoms with E-state index < -0.39 is 6.10 Å². The molecule has 1 atom stereocenters. The lowest BCUT2D eigenvalue weighted by atomic mass is 9.99. The van der Waals surface area contributed by atoms with E-state index in [-0.39, 0.29) is 5.82 Å². The standard InChI is InChI=1S/C15H16FNO/c1-3-11-5-4-8-17-14(11)15(18)12-6-7-13(16)10(2)9-12/h4-9,15,18H,3H2,1-2H3. The smallest absolute Gasteiger partial charge is 0.126 e. The molecule has 1 aromatic heterocycles. The highest BCUT2D eigenvalue weighted by Crippen LogP contribution is 2.24. The molecule has 2 nitrogen and oxygen atoms in total. The van der Waals surface area contributed by atoms with E-state index in [0.29, 0.717) is 16.8 Å². The third-order valence-electron chi connectivity index (χ3n) is 3.06. The van der Waals surface area contributed by atoms with Crippen LogP contribution in [0.1, 0.15) is 35.4 Å². The highest BCUT2D eigenvalue weighted by atomic mass is 19.1. The van der Waals surface area contributed by atoms with Gasteiger partial charge in [0, 0.05) is 6.20 Å². The summed E-state index contributed by atoms with van der Waals surface area (Å²) in [6.45, 7) is 3.70. The van der Waals surface area contributed by atoms with E-state index >= 15 is 0 Å². The number of aliphatic hydroxyl groups is 1. The minimum absolute atomic E-state index is 0.261. The quantitative estimate of drug-likeness (QED) is 0.901. The summed E-state index contributed by atoms with van der Waals surface area (Å²) in [7, 11) is 0. The van der Waals surface area contributed by atoms with Crippen molar-refractivity contribution in [2.45, 2.75) is 26.4 Å². The maximum absolute atomic E-state index is 13.2. The van der Waals surface area contributed by atoms with Gasteiger partial charge in [0.2, 0.25) is 0 Å². The van der Waals surface area contributed by atoms with Crippen LogP contribution in [0.2, 0.25) is 0 Å². The van der Waals surface area contributed by atoms with Crippen LogP contribution in [0.5, 0.6) is 0 Å². The van der Waals surface area contributed by atoms with Gasteiger partial charge in [-0.1, -0.05) is 25.1 Å². The van der Waals surface area contributed by atoms with Gasteiger partial charge in [-0.15, -0.1) is 0 Å². The van der Waals surface area contributed by atoms with E-state index in [4.69, 9.17) is 0 Å². The monoisotopic (exact) mass is 245 g/mol. The number of pyridine rings is 1. The van der Waals surface area contributed by atoms with Crippen molar-refractivity contribution in [3.63, 3.8) is 0 Å². The van der Waals surface area contributed by atoms with Gasteiger partial charge >= 0.3 is 0 Å². The molecular formula is C15H16FNO. The predicted octanol–water partition coefficient (Wildman–Crippen LogP) is 3.17. The molecule has 0 radical (unpaired) electrons. The Bertz CT molecular complexity index is 554. The zero-order valence-corrected chi connectivity index (χ0v) is 10.5. The van der Waals surface area contributed by atoms with E-state index in [9.17, 15) is 9.50 Å². The van der Waals surface area contributed by atoms with Crippen LogP contribution in [0.25, 0.3) is 0 Å². The summed E-state index contributed by atoms with van der Waals surface area (Å²) < 4.78 is 13.2. The van der Waals surface area contributed by atoms with Crippen molar-refractivity contribution in [1.29, 1.82) is 0 Å². The summed E-state index contributed by atoms with van der Waals surface area (Å²) in [6.07, 6.45) is 1.66. The molecule has 1 N–H and O–H groups in total. The number of aromatic nitrogens is 1. The third-order valence-corrected chi connectivity index (χ3v) is 3.06. The Hall–Kier alpha value is -1.74. The molecule has 0 aliphatic rings. The Balaban J connectivity index is 2.41. The number of halogens is 1. The van der Waals surface area contributed by atoms with Gasteiger partial charge in [0.1, 0.15) is 11.9 Å². The number of hydrogen-bond donors (Lipinski definition) is 1. The van der Waals surface area contributed by atoms with Crippen molar-refractivity contribution in [2.24, 2.45) is 0 Å². The van der Waals surface area contributed by atoms with Crippen molar-refractivity contribution in [3.05, 3.63) is 64.7 Å². The summed E-state index contributed by atoms with van der Waals surface area (Å²) >= 11 is 0. The molecule has 18 heavy (non-hydrogen) atoms. The van der Waals surface area contributed by atoms with E-state index in [1.807, 2.05) is 19.1 Å². The average Bonchev–Trinajstić information content (AvgIpc) is 2.41. The molecule has 0 spiro atoms. The molecule has 0 bridgehead atoms. The maximum atomic E-state index is 13.2. The lowest BCUT2D eigenvalue weighted by Crippen LogP contribution is -2.06. The summed E-state index contributed by atoms with van der Waals surface area (Å²) in [5, 5.41) is 10.3. The van der Waals surface area contributed by atoms with E-state index in [1.54, 1.807) is 25.3 Å². The molecule has 0 saturated carbocycles. The van der Waals surface area contributed by atoms with Gasteiger partial charge in [-0.25, -0.2) is 4.39 Å². The number of aryl methyl sites for hydroxylation is 2. The summed E-state index contributed by atoms with van der Waals surface area (Å²) in [5.41, 5.74) is 2.85. The maximum Gasteiger partial charge on any atom is 0.126 e. The van der Waals surface area contributed by atoms with Crippen LogP contribution in [-0.2, 0) is 6.42 Å². The molecule has 2 aromatic rings. The van der Waals surface area contributed by atoms with Crippen LogP contribution in [-0.4, -0.2) is 10.1 Å². The number of rotatable bonds is 3.